The molecule has 0 spiro atoms. The van der Waals surface area contributed by atoms with Crippen molar-refractivity contribution in [3.05, 3.63) is 35.1 Å². The molecule has 0 aromatic heterocycles. The van der Waals surface area contributed by atoms with Crippen LogP contribution in [0.5, 0.6) is 0 Å². The number of isocyanates is 1. The Balaban J connectivity index is 0.000000921. The molecule has 0 radical (unpaired) electrons. The van der Waals surface area contributed by atoms with E-state index in [0.717, 1.165) is 6.08 Å². The van der Waals surface area contributed by atoms with Crippen LogP contribution in [-0.2, 0) is 4.79 Å². The van der Waals surface area contributed by atoms with Crippen molar-refractivity contribution in [2.24, 2.45) is 4.99 Å². The van der Waals surface area contributed by atoms with E-state index in [2.05, 4.69) is 4.99 Å². The summed E-state index contributed by atoms with van der Waals surface area (Å²) in [5, 5.41) is 0. The van der Waals surface area contributed by atoms with Crippen molar-refractivity contribution >= 4 is 12.0 Å². The zero-order valence-electron chi connectivity index (χ0n) is 8.87. The molecular weight excluding hydrogens is 197 g/mol. The summed E-state index contributed by atoms with van der Waals surface area (Å²) in [4.78, 5) is 23.4. The minimum absolute atomic E-state index is 0.214. The maximum atomic E-state index is 13.0. The molecule has 0 heterocycles. The van der Waals surface area contributed by atoms with Gasteiger partial charge in [0, 0.05) is 0 Å². The van der Waals surface area contributed by atoms with E-state index < -0.39 is 11.7 Å². The SMILES string of the molecule is CC.Cc1ccc(C(=O)N=C=O)c(F)c1. The Kier molecular flexibility index (Phi) is 5.83. The molecule has 1 rings (SSSR count). The highest BCUT2D eigenvalue weighted by Gasteiger charge is 2.09. The van der Waals surface area contributed by atoms with E-state index >= 15 is 0 Å². The zero-order chi connectivity index (χ0) is 11.8. The Labute approximate surface area is 87.6 Å². The molecule has 0 saturated carbocycles. The number of hydrogen-bond acceptors (Lipinski definition) is 2. The maximum Gasteiger partial charge on any atom is 0.290 e. The number of amides is 1. The van der Waals surface area contributed by atoms with E-state index in [9.17, 15) is 14.0 Å². The van der Waals surface area contributed by atoms with E-state index in [1.165, 1.54) is 12.1 Å². The summed E-state index contributed by atoms with van der Waals surface area (Å²) in [5.74, 6) is -1.59. The third-order valence-corrected chi connectivity index (χ3v) is 1.50. The summed E-state index contributed by atoms with van der Waals surface area (Å²) in [6.07, 6.45) is 1.07. The van der Waals surface area contributed by atoms with Crippen LogP contribution >= 0.6 is 0 Å². The predicted molar refractivity (Wildman–Crippen MR) is 54.9 cm³/mol. The fourth-order valence-corrected chi connectivity index (χ4v) is 0.895. The second-order valence-corrected chi connectivity index (χ2v) is 2.49. The van der Waals surface area contributed by atoms with Crippen molar-refractivity contribution in [2.45, 2.75) is 20.8 Å². The molecule has 0 unspecified atom stereocenters. The summed E-state index contributed by atoms with van der Waals surface area (Å²) in [5.41, 5.74) is 0.484. The monoisotopic (exact) mass is 209 g/mol. The number of rotatable bonds is 1. The average Bonchev–Trinajstić information content (AvgIpc) is 2.21. The van der Waals surface area contributed by atoms with Crippen LogP contribution in [0.4, 0.5) is 4.39 Å². The van der Waals surface area contributed by atoms with Crippen LogP contribution in [0.1, 0.15) is 29.8 Å². The van der Waals surface area contributed by atoms with E-state index in [1.807, 2.05) is 13.8 Å². The van der Waals surface area contributed by atoms with E-state index in [0.29, 0.717) is 5.56 Å². The van der Waals surface area contributed by atoms with Gasteiger partial charge in [0.25, 0.3) is 5.91 Å². The van der Waals surface area contributed by atoms with Gasteiger partial charge >= 0.3 is 0 Å². The van der Waals surface area contributed by atoms with Gasteiger partial charge in [0.15, 0.2) is 0 Å². The topological polar surface area (TPSA) is 46.5 Å². The molecule has 0 fully saturated rings. The molecule has 0 aliphatic heterocycles. The van der Waals surface area contributed by atoms with Gasteiger partial charge in [0.2, 0.25) is 6.08 Å². The lowest BCUT2D eigenvalue weighted by Gasteiger charge is -1.97. The zero-order valence-corrected chi connectivity index (χ0v) is 8.87. The Bertz CT molecular complexity index is 396. The highest BCUT2D eigenvalue weighted by atomic mass is 19.1. The van der Waals surface area contributed by atoms with Gasteiger partial charge in [-0.25, -0.2) is 9.18 Å². The fraction of sp³-hybridized carbons (Fsp3) is 0.273. The molecule has 1 amide bonds. The van der Waals surface area contributed by atoms with Gasteiger partial charge in [-0.05, 0) is 24.6 Å². The smallest absolute Gasteiger partial charge is 0.266 e. The molecule has 0 atom stereocenters. The van der Waals surface area contributed by atoms with Gasteiger partial charge < -0.3 is 0 Å². The van der Waals surface area contributed by atoms with Crippen molar-refractivity contribution in [3.63, 3.8) is 0 Å². The number of aryl methyl sites for hydroxylation is 1. The summed E-state index contributed by atoms with van der Waals surface area (Å²) in [7, 11) is 0. The van der Waals surface area contributed by atoms with Crippen LogP contribution in [0.3, 0.4) is 0 Å². The molecule has 3 nitrogen and oxygen atoms in total. The number of aliphatic imine (C=N–C) groups is 1. The Morgan fingerprint density at radius 2 is 2.00 bits per heavy atom. The first kappa shape index (κ1) is 13.2. The third kappa shape index (κ3) is 3.83. The van der Waals surface area contributed by atoms with Crippen molar-refractivity contribution in [1.29, 1.82) is 0 Å². The van der Waals surface area contributed by atoms with Crippen molar-refractivity contribution in [2.75, 3.05) is 0 Å². The highest BCUT2D eigenvalue weighted by Crippen LogP contribution is 2.10. The van der Waals surface area contributed by atoms with Crippen molar-refractivity contribution in [3.8, 4) is 0 Å². The number of hydrogen-bond donors (Lipinski definition) is 0. The number of halogens is 1. The van der Waals surface area contributed by atoms with E-state index in [1.54, 1.807) is 13.0 Å². The van der Waals surface area contributed by atoms with Crippen molar-refractivity contribution < 1.29 is 14.0 Å². The van der Waals surface area contributed by atoms with Crippen LogP contribution in [0.15, 0.2) is 23.2 Å². The molecule has 15 heavy (non-hydrogen) atoms. The normalized spacial score (nSPS) is 8.27. The fourth-order valence-electron chi connectivity index (χ4n) is 0.895. The van der Waals surface area contributed by atoms with Gasteiger partial charge in [0.1, 0.15) is 5.82 Å². The molecule has 4 heteroatoms. The lowest BCUT2D eigenvalue weighted by Crippen LogP contribution is -1.98. The summed E-state index contributed by atoms with van der Waals surface area (Å²) in [6, 6.07) is 4.05. The second kappa shape index (κ2) is 6.62. The first-order valence-electron chi connectivity index (χ1n) is 4.53. The average molecular weight is 209 g/mol. The molecular formula is C11H12FNO2. The highest BCUT2D eigenvalue weighted by molar-refractivity contribution is 5.97. The van der Waals surface area contributed by atoms with Gasteiger partial charge in [0.05, 0.1) is 5.56 Å². The first-order valence-corrected chi connectivity index (χ1v) is 4.53. The van der Waals surface area contributed by atoms with Gasteiger partial charge in [-0.15, -0.1) is 4.99 Å². The summed E-state index contributed by atoms with van der Waals surface area (Å²) >= 11 is 0. The molecule has 0 saturated heterocycles. The molecule has 80 valence electrons. The van der Waals surface area contributed by atoms with Crippen LogP contribution in [-0.4, -0.2) is 12.0 Å². The van der Waals surface area contributed by atoms with Crippen LogP contribution in [0, 0.1) is 12.7 Å². The minimum Gasteiger partial charge on any atom is -0.266 e. The standard InChI is InChI=1S/C9H6FNO2.C2H6/c1-6-2-3-7(8(10)4-6)9(13)11-5-12;1-2/h2-4H,1H3;1-2H3. The predicted octanol–water partition coefficient (Wildman–Crippen LogP) is 2.64. The first-order chi connectivity index (χ1) is 7.15. The quantitative estimate of drug-likeness (QED) is 0.527. The second-order valence-electron chi connectivity index (χ2n) is 2.49. The maximum absolute atomic E-state index is 13.0. The third-order valence-electron chi connectivity index (χ3n) is 1.50. The van der Waals surface area contributed by atoms with E-state index in [4.69, 9.17) is 0 Å². The Morgan fingerprint density at radius 1 is 1.40 bits per heavy atom. The number of nitrogens with zero attached hydrogens (tertiary/aromatic N) is 1. The van der Waals surface area contributed by atoms with E-state index in [-0.39, 0.29) is 5.56 Å². The van der Waals surface area contributed by atoms with Gasteiger partial charge in [-0.2, -0.15) is 0 Å². The van der Waals surface area contributed by atoms with Crippen LogP contribution in [0.2, 0.25) is 0 Å². The Hall–Kier alpha value is -1.80. The lowest BCUT2D eigenvalue weighted by atomic mass is 10.1. The number of benzene rings is 1. The molecule has 0 aliphatic rings. The van der Waals surface area contributed by atoms with Crippen LogP contribution < -0.4 is 0 Å². The molecule has 0 bridgehead atoms. The molecule has 0 N–H and O–H groups in total. The molecule has 0 aliphatic carbocycles. The number of carbonyl (C=O) groups excluding carboxylic acids is 2. The van der Waals surface area contributed by atoms with Crippen LogP contribution in [0.25, 0.3) is 0 Å². The molecule has 1 aromatic carbocycles. The molecule has 1 aromatic rings. The summed E-state index contributed by atoms with van der Waals surface area (Å²) in [6.45, 7) is 5.69. The number of carbonyl (C=O) groups is 1. The lowest BCUT2D eigenvalue weighted by molar-refractivity contribution is 0.0999. The minimum atomic E-state index is -0.910. The largest absolute Gasteiger partial charge is 0.290 e. The van der Waals surface area contributed by atoms with Gasteiger partial charge in [-0.3, -0.25) is 4.79 Å². The summed E-state index contributed by atoms with van der Waals surface area (Å²) < 4.78 is 13.0. The van der Waals surface area contributed by atoms with Crippen molar-refractivity contribution in [1.82, 2.24) is 0 Å². The Morgan fingerprint density at radius 3 is 2.47 bits per heavy atom. The van der Waals surface area contributed by atoms with Gasteiger partial charge in [-0.1, -0.05) is 19.9 Å².